The van der Waals surface area contributed by atoms with Crippen LogP contribution in [-0.2, 0) is 4.74 Å². The van der Waals surface area contributed by atoms with Crippen molar-refractivity contribution in [1.29, 1.82) is 0 Å². The lowest BCUT2D eigenvalue weighted by molar-refractivity contribution is 0.0677. The van der Waals surface area contributed by atoms with Crippen molar-refractivity contribution in [1.82, 2.24) is 15.5 Å². The predicted molar refractivity (Wildman–Crippen MR) is 83.6 cm³/mol. The molecule has 1 aromatic heterocycles. The monoisotopic (exact) mass is 311 g/mol. The summed E-state index contributed by atoms with van der Waals surface area (Å²) in [5.74, 6) is 3.99. The highest BCUT2D eigenvalue weighted by Gasteiger charge is 2.28. The van der Waals surface area contributed by atoms with E-state index < -0.39 is 0 Å². The average molecular weight is 311 g/mol. The van der Waals surface area contributed by atoms with Crippen LogP contribution in [0.25, 0.3) is 0 Å². The fraction of sp³-hybridized carbons (Fsp3) is 0.867. The van der Waals surface area contributed by atoms with E-state index in [4.69, 9.17) is 9.26 Å². The van der Waals surface area contributed by atoms with Gasteiger partial charge in [0.2, 0.25) is 11.7 Å². The molecule has 2 aliphatic rings. The Balaban J connectivity index is 1.52. The van der Waals surface area contributed by atoms with Crippen LogP contribution >= 0.6 is 11.8 Å². The zero-order chi connectivity index (χ0) is 14.5. The lowest BCUT2D eigenvalue weighted by Gasteiger charge is -2.27. The number of hydrogen-bond acceptors (Lipinski definition) is 6. The van der Waals surface area contributed by atoms with Crippen molar-refractivity contribution < 1.29 is 9.26 Å². The molecule has 2 fully saturated rings. The third-order valence-corrected chi connectivity index (χ3v) is 5.31. The van der Waals surface area contributed by atoms with Gasteiger partial charge in [-0.3, -0.25) is 0 Å². The molecule has 21 heavy (non-hydrogen) atoms. The first-order valence-electron chi connectivity index (χ1n) is 8.13. The summed E-state index contributed by atoms with van der Waals surface area (Å²) in [4.78, 5) is 4.61. The van der Waals surface area contributed by atoms with Crippen molar-refractivity contribution in [2.45, 2.75) is 57.1 Å². The molecule has 1 saturated heterocycles. The zero-order valence-electron chi connectivity index (χ0n) is 12.7. The van der Waals surface area contributed by atoms with Gasteiger partial charge in [-0.2, -0.15) is 16.7 Å². The highest BCUT2D eigenvalue weighted by atomic mass is 32.2. The van der Waals surface area contributed by atoms with Crippen molar-refractivity contribution >= 4 is 11.8 Å². The van der Waals surface area contributed by atoms with E-state index in [1.807, 2.05) is 11.8 Å². The predicted octanol–water partition coefficient (Wildman–Crippen LogP) is 2.90. The minimum Gasteiger partial charge on any atom is -0.368 e. The normalized spacial score (nSPS) is 30.4. The number of rotatable bonds is 5. The van der Waals surface area contributed by atoms with Gasteiger partial charge in [0, 0.05) is 23.5 Å². The van der Waals surface area contributed by atoms with Gasteiger partial charge >= 0.3 is 0 Å². The van der Waals surface area contributed by atoms with E-state index in [9.17, 15) is 0 Å². The van der Waals surface area contributed by atoms with Crippen LogP contribution in [0.4, 0.5) is 0 Å². The van der Waals surface area contributed by atoms with Gasteiger partial charge in [-0.15, -0.1) is 0 Å². The summed E-state index contributed by atoms with van der Waals surface area (Å²) >= 11 is 1.90. The molecule has 0 spiro atoms. The fourth-order valence-electron chi connectivity index (χ4n) is 3.07. The summed E-state index contributed by atoms with van der Waals surface area (Å²) in [5, 5.41) is 7.75. The van der Waals surface area contributed by atoms with E-state index in [1.54, 1.807) is 0 Å². The van der Waals surface area contributed by atoms with Crippen molar-refractivity contribution in [2.24, 2.45) is 0 Å². The quantitative estimate of drug-likeness (QED) is 0.902. The molecule has 2 heterocycles. The molecular formula is C15H25N3O2S. The first-order chi connectivity index (χ1) is 10.4. The van der Waals surface area contributed by atoms with Gasteiger partial charge in [-0.1, -0.05) is 12.1 Å². The topological polar surface area (TPSA) is 60.2 Å². The first-order valence-corrected chi connectivity index (χ1v) is 9.28. The molecule has 5 nitrogen and oxygen atoms in total. The Bertz CT molecular complexity index is 426. The Morgan fingerprint density at radius 2 is 2.14 bits per heavy atom. The third-order valence-electron chi connectivity index (χ3n) is 4.32. The van der Waals surface area contributed by atoms with Gasteiger partial charge in [0.15, 0.2) is 0 Å². The standard InChI is InChI=1S/C15H25N3O2S/c1-2-7-16-12-5-3-11(4-6-12)15-17-14(18-20-15)13-10-21-9-8-19-13/h11-13,16H,2-10H2,1H3. The van der Waals surface area contributed by atoms with Gasteiger partial charge in [0.1, 0.15) is 6.10 Å². The summed E-state index contributed by atoms with van der Waals surface area (Å²) in [5.41, 5.74) is 0. The molecule has 1 aliphatic carbocycles. The van der Waals surface area contributed by atoms with Crippen molar-refractivity contribution in [2.75, 3.05) is 24.7 Å². The number of ether oxygens (including phenoxy) is 1. The number of aromatic nitrogens is 2. The van der Waals surface area contributed by atoms with Crippen LogP contribution in [0.1, 0.15) is 62.8 Å². The smallest absolute Gasteiger partial charge is 0.229 e. The molecule has 1 unspecified atom stereocenters. The largest absolute Gasteiger partial charge is 0.368 e. The number of hydrogen-bond donors (Lipinski definition) is 1. The minimum absolute atomic E-state index is 0.0174. The van der Waals surface area contributed by atoms with Crippen LogP contribution in [0.3, 0.4) is 0 Å². The van der Waals surface area contributed by atoms with Gasteiger partial charge in [-0.25, -0.2) is 0 Å². The first kappa shape index (κ1) is 15.3. The molecule has 118 valence electrons. The second kappa shape index (κ2) is 7.61. The lowest BCUT2D eigenvalue weighted by Crippen LogP contribution is -2.33. The Labute approximate surface area is 130 Å². The number of nitrogens with one attached hydrogen (secondary N) is 1. The van der Waals surface area contributed by atoms with E-state index >= 15 is 0 Å². The Hall–Kier alpha value is -0.590. The molecule has 1 atom stereocenters. The fourth-order valence-corrected chi connectivity index (χ4v) is 3.91. The van der Waals surface area contributed by atoms with Crippen LogP contribution in [0.15, 0.2) is 4.52 Å². The molecule has 3 rings (SSSR count). The van der Waals surface area contributed by atoms with Gasteiger partial charge in [0.25, 0.3) is 0 Å². The summed E-state index contributed by atoms with van der Waals surface area (Å²) in [6.45, 7) is 4.12. The SMILES string of the molecule is CCCNC1CCC(c2nc(C3CSCCO3)no2)CC1. The van der Waals surface area contributed by atoms with Crippen molar-refractivity contribution in [3.63, 3.8) is 0 Å². The Kier molecular flexibility index (Phi) is 5.55. The van der Waals surface area contributed by atoms with E-state index in [2.05, 4.69) is 22.4 Å². The van der Waals surface area contributed by atoms with Gasteiger partial charge in [-0.05, 0) is 38.6 Å². The summed E-state index contributed by atoms with van der Waals surface area (Å²) in [6.07, 6.45) is 5.92. The molecule has 1 aromatic rings. The van der Waals surface area contributed by atoms with Crippen LogP contribution in [0.5, 0.6) is 0 Å². The molecule has 1 N–H and O–H groups in total. The second-order valence-electron chi connectivity index (χ2n) is 5.93. The third kappa shape index (κ3) is 3.99. The maximum absolute atomic E-state index is 5.71. The highest BCUT2D eigenvalue weighted by Crippen LogP contribution is 2.33. The van der Waals surface area contributed by atoms with Crippen LogP contribution in [0, 0.1) is 0 Å². The summed E-state index contributed by atoms with van der Waals surface area (Å²) in [6, 6.07) is 0.668. The summed E-state index contributed by atoms with van der Waals surface area (Å²) in [7, 11) is 0. The second-order valence-corrected chi connectivity index (χ2v) is 7.08. The molecule has 1 saturated carbocycles. The molecule has 0 radical (unpaired) electrons. The van der Waals surface area contributed by atoms with Gasteiger partial charge < -0.3 is 14.6 Å². The molecular weight excluding hydrogens is 286 g/mol. The molecule has 0 amide bonds. The van der Waals surface area contributed by atoms with Crippen LogP contribution < -0.4 is 5.32 Å². The van der Waals surface area contributed by atoms with Crippen LogP contribution in [0.2, 0.25) is 0 Å². The number of thioether (sulfide) groups is 1. The minimum atomic E-state index is 0.0174. The zero-order valence-corrected chi connectivity index (χ0v) is 13.5. The van der Waals surface area contributed by atoms with E-state index in [0.717, 1.165) is 49.2 Å². The molecule has 6 heteroatoms. The number of nitrogens with zero attached hydrogens (tertiary/aromatic N) is 2. The van der Waals surface area contributed by atoms with Crippen molar-refractivity contribution in [3.05, 3.63) is 11.7 Å². The highest BCUT2D eigenvalue weighted by molar-refractivity contribution is 7.99. The Morgan fingerprint density at radius 1 is 1.29 bits per heavy atom. The lowest BCUT2D eigenvalue weighted by atomic mass is 9.86. The van der Waals surface area contributed by atoms with E-state index in [1.165, 1.54) is 19.3 Å². The van der Waals surface area contributed by atoms with Gasteiger partial charge in [0.05, 0.1) is 6.61 Å². The van der Waals surface area contributed by atoms with Crippen LogP contribution in [-0.4, -0.2) is 40.8 Å². The maximum atomic E-state index is 5.71. The maximum Gasteiger partial charge on any atom is 0.229 e. The average Bonchev–Trinajstić information content (AvgIpc) is 3.04. The Morgan fingerprint density at radius 3 is 2.86 bits per heavy atom. The molecule has 1 aliphatic heterocycles. The molecule has 0 aromatic carbocycles. The summed E-state index contributed by atoms with van der Waals surface area (Å²) < 4.78 is 11.2. The van der Waals surface area contributed by atoms with E-state index in [-0.39, 0.29) is 6.10 Å². The molecule has 0 bridgehead atoms. The van der Waals surface area contributed by atoms with E-state index in [0.29, 0.717) is 12.0 Å². The van der Waals surface area contributed by atoms with Crippen molar-refractivity contribution in [3.8, 4) is 0 Å².